The average molecular weight is 230 g/mol. The molecule has 16 heavy (non-hydrogen) atoms. The summed E-state index contributed by atoms with van der Waals surface area (Å²) in [6, 6.07) is 0. The molecule has 0 bridgehead atoms. The Morgan fingerprint density at radius 2 is 1.38 bits per heavy atom. The van der Waals surface area contributed by atoms with E-state index in [0.717, 1.165) is 25.7 Å². The molecule has 1 aliphatic rings. The Kier molecular flexibility index (Phi) is 4.73. The van der Waals surface area contributed by atoms with Crippen molar-refractivity contribution in [3.63, 3.8) is 0 Å². The molecule has 1 radical (unpaired) electrons. The third-order valence-corrected chi connectivity index (χ3v) is 3.93. The Balaban J connectivity index is 2.60. The van der Waals surface area contributed by atoms with Gasteiger partial charge in [-0.05, 0) is 52.4 Å². The van der Waals surface area contributed by atoms with Gasteiger partial charge in [0, 0.05) is 24.3 Å². The maximum absolute atomic E-state index is 12.3. The fraction of sp³-hybridized carbons (Fsp3) is 1.00. The van der Waals surface area contributed by atoms with Crippen molar-refractivity contribution in [1.29, 1.82) is 0 Å². The first-order valence-corrected chi connectivity index (χ1v) is 6.18. The molecule has 2 atom stereocenters. The highest BCUT2D eigenvalue weighted by Gasteiger charge is 2.49. The van der Waals surface area contributed by atoms with Gasteiger partial charge in [-0.3, -0.25) is 0 Å². The van der Waals surface area contributed by atoms with Crippen molar-refractivity contribution in [3.05, 3.63) is 0 Å². The lowest BCUT2D eigenvalue weighted by atomic mass is 9.92. The van der Waals surface area contributed by atoms with Gasteiger partial charge in [-0.15, -0.1) is 10.3 Å². The molecular formula is C12H24NO3. The third-order valence-electron chi connectivity index (χ3n) is 3.93. The van der Waals surface area contributed by atoms with Crippen molar-refractivity contribution < 1.29 is 15.4 Å². The lowest BCUT2D eigenvalue weighted by Crippen LogP contribution is -2.48. The van der Waals surface area contributed by atoms with Crippen LogP contribution >= 0.6 is 0 Å². The normalized spacial score (nSPS) is 35.8. The summed E-state index contributed by atoms with van der Waals surface area (Å²) in [5.74, 6) is 0. The molecule has 0 aromatic rings. The van der Waals surface area contributed by atoms with E-state index in [4.69, 9.17) is 10.2 Å². The SMILES string of the molecule is C[C@]1(CCCO)CC[C@@](C)(CCCO)N1[O]. The van der Waals surface area contributed by atoms with Crippen LogP contribution in [0.15, 0.2) is 0 Å². The van der Waals surface area contributed by atoms with Gasteiger partial charge < -0.3 is 10.2 Å². The Hall–Kier alpha value is -0.160. The fourth-order valence-electron chi connectivity index (χ4n) is 2.77. The van der Waals surface area contributed by atoms with Crippen molar-refractivity contribution in [1.82, 2.24) is 5.06 Å². The highest BCUT2D eigenvalue weighted by molar-refractivity contribution is 5.00. The smallest absolute Gasteiger partial charge is 0.0473 e. The second-order valence-corrected chi connectivity index (χ2v) is 5.44. The number of hydrogen-bond donors (Lipinski definition) is 2. The van der Waals surface area contributed by atoms with Crippen molar-refractivity contribution in [2.24, 2.45) is 0 Å². The second-order valence-electron chi connectivity index (χ2n) is 5.44. The predicted molar refractivity (Wildman–Crippen MR) is 61.2 cm³/mol. The van der Waals surface area contributed by atoms with Crippen molar-refractivity contribution >= 4 is 0 Å². The highest BCUT2D eigenvalue weighted by atomic mass is 16.5. The maximum Gasteiger partial charge on any atom is 0.0473 e. The van der Waals surface area contributed by atoms with Crippen molar-refractivity contribution in [2.45, 2.75) is 63.5 Å². The third kappa shape index (κ3) is 2.74. The molecular weight excluding hydrogens is 206 g/mol. The minimum Gasteiger partial charge on any atom is -0.396 e. The standard InChI is InChI=1S/C12H24NO3/c1-11(5-3-9-14)7-8-12(2,13(11)16)6-4-10-15/h14-15H,3-10H2,1-2H3/t11-,12+. The van der Waals surface area contributed by atoms with Crippen molar-refractivity contribution in [3.8, 4) is 0 Å². The van der Waals surface area contributed by atoms with E-state index in [-0.39, 0.29) is 24.3 Å². The van der Waals surface area contributed by atoms with Crippen LogP contribution in [0.5, 0.6) is 0 Å². The summed E-state index contributed by atoms with van der Waals surface area (Å²) in [4.78, 5) is 0. The van der Waals surface area contributed by atoms with Gasteiger partial charge in [-0.1, -0.05) is 0 Å². The molecule has 1 heterocycles. The summed E-state index contributed by atoms with van der Waals surface area (Å²) in [6.07, 6.45) is 4.65. The molecule has 0 spiro atoms. The molecule has 1 saturated heterocycles. The van der Waals surface area contributed by atoms with E-state index in [1.807, 2.05) is 13.8 Å². The number of hydrogen-bond acceptors (Lipinski definition) is 3. The number of aliphatic hydroxyl groups is 2. The van der Waals surface area contributed by atoms with Crippen molar-refractivity contribution in [2.75, 3.05) is 13.2 Å². The summed E-state index contributed by atoms with van der Waals surface area (Å²) in [5, 5.41) is 31.2. The minimum atomic E-state index is -0.326. The van der Waals surface area contributed by atoms with Gasteiger partial charge in [0.2, 0.25) is 0 Å². The van der Waals surface area contributed by atoms with Crippen LogP contribution in [0.4, 0.5) is 0 Å². The molecule has 95 valence electrons. The fourth-order valence-corrected chi connectivity index (χ4v) is 2.77. The van der Waals surface area contributed by atoms with E-state index < -0.39 is 0 Å². The lowest BCUT2D eigenvalue weighted by Gasteiger charge is -2.37. The molecule has 1 aliphatic heterocycles. The highest BCUT2D eigenvalue weighted by Crippen LogP contribution is 2.44. The van der Waals surface area contributed by atoms with Crippen LogP contribution in [0, 0.1) is 0 Å². The van der Waals surface area contributed by atoms with Gasteiger partial charge in [0.15, 0.2) is 0 Å². The van der Waals surface area contributed by atoms with Gasteiger partial charge in [0.05, 0.1) is 0 Å². The summed E-state index contributed by atoms with van der Waals surface area (Å²) in [5.41, 5.74) is -0.653. The molecule has 0 aliphatic carbocycles. The average Bonchev–Trinajstić information content (AvgIpc) is 2.51. The molecule has 0 aromatic carbocycles. The van der Waals surface area contributed by atoms with E-state index in [0.29, 0.717) is 12.8 Å². The van der Waals surface area contributed by atoms with E-state index in [2.05, 4.69) is 0 Å². The number of aliphatic hydroxyl groups excluding tert-OH is 2. The Labute approximate surface area is 97.8 Å². The topological polar surface area (TPSA) is 63.6 Å². The lowest BCUT2D eigenvalue weighted by molar-refractivity contribution is -0.256. The van der Waals surface area contributed by atoms with Crippen LogP contribution in [0.3, 0.4) is 0 Å². The summed E-state index contributed by atoms with van der Waals surface area (Å²) in [6.45, 7) is 4.27. The molecule has 1 rings (SSSR count). The van der Waals surface area contributed by atoms with Crippen LogP contribution in [-0.4, -0.2) is 39.6 Å². The van der Waals surface area contributed by atoms with Gasteiger partial charge in [-0.2, -0.15) is 0 Å². The van der Waals surface area contributed by atoms with Gasteiger partial charge in [0.25, 0.3) is 0 Å². The first-order valence-electron chi connectivity index (χ1n) is 6.18. The number of nitrogens with zero attached hydrogens (tertiary/aromatic N) is 1. The van der Waals surface area contributed by atoms with Crippen LogP contribution in [-0.2, 0) is 5.21 Å². The molecule has 0 unspecified atom stereocenters. The van der Waals surface area contributed by atoms with E-state index >= 15 is 0 Å². The molecule has 0 amide bonds. The first kappa shape index (κ1) is 13.9. The molecule has 1 fully saturated rings. The quantitative estimate of drug-likeness (QED) is 0.726. The van der Waals surface area contributed by atoms with Gasteiger partial charge in [-0.25, -0.2) is 0 Å². The predicted octanol–water partition coefficient (Wildman–Crippen LogP) is 1.49. The Bertz CT molecular complexity index is 202. The van der Waals surface area contributed by atoms with E-state index in [9.17, 15) is 5.21 Å². The van der Waals surface area contributed by atoms with Crippen LogP contribution in [0.2, 0.25) is 0 Å². The maximum atomic E-state index is 12.3. The largest absolute Gasteiger partial charge is 0.396 e. The summed E-state index contributed by atoms with van der Waals surface area (Å²) < 4.78 is 0. The van der Waals surface area contributed by atoms with Gasteiger partial charge >= 0.3 is 0 Å². The first-order chi connectivity index (χ1) is 7.48. The zero-order chi connectivity index (χ0) is 12.2. The molecule has 2 N–H and O–H groups in total. The Morgan fingerprint density at radius 3 is 1.69 bits per heavy atom. The zero-order valence-corrected chi connectivity index (χ0v) is 10.4. The monoisotopic (exact) mass is 230 g/mol. The second kappa shape index (κ2) is 5.45. The molecule has 4 heteroatoms. The number of hydroxylamine groups is 2. The molecule has 4 nitrogen and oxygen atoms in total. The van der Waals surface area contributed by atoms with E-state index in [1.165, 1.54) is 5.06 Å². The number of rotatable bonds is 6. The zero-order valence-electron chi connectivity index (χ0n) is 10.4. The van der Waals surface area contributed by atoms with Crippen LogP contribution in [0.1, 0.15) is 52.4 Å². The van der Waals surface area contributed by atoms with Crippen LogP contribution in [0.25, 0.3) is 0 Å². The minimum absolute atomic E-state index is 0.150. The van der Waals surface area contributed by atoms with Gasteiger partial charge in [0.1, 0.15) is 0 Å². The van der Waals surface area contributed by atoms with Crippen LogP contribution < -0.4 is 0 Å². The Morgan fingerprint density at radius 1 is 1.00 bits per heavy atom. The summed E-state index contributed by atoms with van der Waals surface area (Å²) in [7, 11) is 0. The molecule has 0 saturated carbocycles. The molecule has 0 aromatic heterocycles. The van der Waals surface area contributed by atoms with E-state index in [1.54, 1.807) is 0 Å². The summed E-state index contributed by atoms with van der Waals surface area (Å²) >= 11 is 0.